The third-order valence-corrected chi connectivity index (χ3v) is 2.04. The van der Waals surface area contributed by atoms with Crippen LogP contribution in [-0.4, -0.2) is 24.7 Å². The van der Waals surface area contributed by atoms with E-state index in [1.807, 2.05) is 45.0 Å². The van der Waals surface area contributed by atoms with Gasteiger partial charge in [-0.25, -0.2) is 0 Å². The van der Waals surface area contributed by atoms with Gasteiger partial charge in [0.25, 0.3) is 0 Å². The second kappa shape index (κ2) is 5.80. The van der Waals surface area contributed by atoms with Crippen LogP contribution in [0.3, 0.4) is 0 Å². The maximum atomic E-state index is 11.5. The van der Waals surface area contributed by atoms with Crippen LogP contribution in [0.1, 0.15) is 19.4 Å². The molecule has 1 aromatic rings. The molecule has 94 valence electrons. The van der Waals surface area contributed by atoms with Crippen molar-refractivity contribution in [3.05, 3.63) is 29.8 Å². The first-order valence-corrected chi connectivity index (χ1v) is 5.60. The first-order valence-electron chi connectivity index (χ1n) is 5.60. The summed E-state index contributed by atoms with van der Waals surface area (Å²) in [5, 5.41) is 2.75. The number of rotatable bonds is 5. The molecule has 17 heavy (non-hydrogen) atoms. The van der Waals surface area contributed by atoms with Gasteiger partial charge in [0.15, 0.2) is 0 Å². The van der Waals surface area contributed by atoms with E-state index in [2.05, 4.69) is 5.32 Å². The van der Waals surface area contributed by atoms with Crippen molar-refractivity contribution in [2.45, 2.75) is 26.3 Å². The zero-order chi connectivity index (χ0) is 12.9. The monoisotopic (exact) mass is 236 g/mol. The third-order valence-electron chi connectivity index (χ3n) is 2.04. The van der Waals surface area contributed by atoms with Crippen LogP contribution < -0.4 is 11.1 Å². The summed E-state index contributed by atoms with van der Waals surface area (Å²) in [7, 11) is 0. The summed E-state index contributed by atoms with van der Waals surface area (Å²) in [4.78, 5) is 11.5. The highest BCUT2D eigenvalue weighted by atomic mass is 16.5. The third kappa shape index (κ3) is 6.04. The number of aryl methyl sites for hydroxylation is 1. The Morgan fingerprint density at radius 3 is 2.47 bits per heavy atom. The number of hydrogen-bond acceptors (Lipinski definition) is 3. The lowest BCUT2D eigenvalue weighted by Crippen LogP contribution is -2.38. The molecule has 0 unspecified atom stereocenters. The number of carbonyl (C=O) groups excluding carboxylic acids is 1. The maximum Gasteiger partial charge on any atom is 0.250 e. The lowest BCUT2D eigenvalue weighted by Gasteiger charge is -2.17. The second-order valence-corrected chi connectivity index (χ2v) is 4.90. The van der Waals surface area contributed by atoms with Crippen LogP contribution in [0.15, 0.2) is 24.3 Å². The number of amides is 1. The van der Waals surface area contributed by atoms with Gasteiger partial charge in [-0.2, -0.15) is 0 Å². The summed E-state index contributed by atoms with van der Waals surface area (Å²) in [6.45, 7) is 6.08. The molecule has 0 aliphatic rings. The minimum atomic E-state index is -0.413. The van der Waals surface area contributed by atoms with Crippen LogP contribution in [-0.2, 0) is 9.53 Å². The second-order valence-electron chi connectivity index (χ2n) is 4.90. The Morgan fingerprint density at radius 2 is 1.94 bits per heavy atom. The summed E-state index contributed by atoms with van der Waals surface area (Å²) < 4.78 is 5.22. The molecular weight excluding hydrogens is 216 g/mol. The molecular formula is C13H20N2O2. The minimum absolute atomic E-state index is 0.0223. The molecule has 0 spiro atoms. The Morgan fingerprint density at radius 1 is 1.35 bits per heavy atom. The van der Waals surface area contributed by atoms with Gasteiger partial charge in [0.05, 0.1) is 6.61 Å². The highest BCUT2D eigenvalue weighted by Gasteiger charge is 2.11. The Labute approximate surface area is 102 Å². The summed E-state index contributed by atoms with van der Waals surface area (Å²) >= 11 is 0. The molecule has 0 radical (unpaired) electrons. The number of nitrogens with two attached hydrogens (primary N) is 1. The molecule has 4 nitrogen and oxygen atoms in total. The van der Waals surface area contributed by atoms with Gasteiger partial charge in [-0.3, -0.25) is 4.79 Å². The van der Waals surface area contributed by atoms with Gasteiger partial charge in [0.2, 0.25) is 5.91 Å². The molecule has 1 rings (SSSR count). The molecule has 0 bridgehead atoms. The van der Waals surface area contributed by atoms with E-state index < -0.39 is 5.54 Å². The topological polar surface area (TPSA) is 64.3 Å². The Kier molecular flexibility index (Phi) is 4.66. The predicted octanol–water partition coefficient (Wildman–Crippen LogP) is 1.69. The highest BCUT2D eigenvalue weighted by molar-refractivity contribution is 5.91. The van der Waals surface area contributed by atoms with Crippen molar-refractivity contribution in [3.8, 4) is 0 Å². The average Bonchev–Trinajstić information content (AvgIpc) is 2.19. The zero-order valence-electron chi connectivity index (χ0n) is 10.6. The van der Waals surface area contributed by atoms with Crippen molar-refractivity contribution in [2.75, 3.05) is 18.5 Å². The van der Waals surface area contributed by atoms with Crippen LogP contribution >= 0.6 is 0 Å². The van der Waals surface area contributed by atoms with Gasteiger partial charge in [0, 0.05) is 11.2 Å². The number of nitrogens with one attached hydrogen (secondary N) is 1. The SMILES string of the molecule is Cc1ccc(NC(=O)COCC(C)(C)N)cc1. The first kappa shape index (κ1) is 13.7. The van der Waals surface area contributed by atoms with E-state index >= 15 is 0 Å². The number of carbonyl (C=O) groups is 1. The summed E-state index contributed by atoms with van der Waals surface area (Å²) in [6, 6.07) is 7.61. The molecule has 0 aromatic heterocycles. The first-order chi connectivity index (χ1) is 7.87. The maximum absolute atomic E-state index is 11.5. The summed E-state index contributed by atoms with van der Waals surface area (Å²) in [6.07, 6.45) is 0. The molecule has 0 saturated carbocycles. The van der Waals surface area contributed by atoms with Gasteiger partial charge >= 0.3 is 0 Å². The quantitative estimate of drug-likeness (QED) is 0.817. The predicted molar refractivity (Wildman–Crippen MR) is 68.9 cm³/mol. The van der Waals surface area contributed by atoms with E-state index in [1.54, 1.807) is 0 Å². The van der Waals surface area contributed by atoms with Crippen molar-refractivity contribution in [2.24, 2.45) is 5.73 Å². The summed E-state index contributed by atoms with van der Waals surface area (Å²) in [5.74, 6) is -0.168. The van der Waals surface area contributed by atoms with E-state index in [0.717, 1.165) is 11.3 Å². The highest BCUT2D eigenvalue weighted by Crippen LogP contribution is 2.08. The van der Waals surface area contributed by atoms with E-state index in [1.165, 1.54) is 0 Å². The van der Waals surface area contributed by atoms with Gasteiger partial charge in [0.1, 0.15) is 6.61 Å². The Bertz CT molecular complexity index is 366. The number of benzene rings is 1. The lowest BCUT2D eigenvalue weighted by molar-refractivity contribution is -0.121. The molecule has 0 atom stereocenters. The Hall–Kier alpha value is -1.39. The zero-order valence-corrected chi connectivity index (χ0v) is 10.6. The molecule has 0 aliphatic carbocycles. The van der Waals surface area contributed by atoms with Crippen molar-refractivity contribution >= 4 is 11.6 Å². The van der Waals surface area contributed by atoms with Crippen molar-refractivity contribution in [1.29, 1.82) is 0 Å². The molecule has 0 saturated heterocycles. The van der Waals surface area contributed by atoms with E-state index in [-0.39, 0.29) is 12.5 Å². The van der Waals surface area contributed by atoms with Crippen LogP contribution in [0.5, 0.6) is 0 Å². The van der Waals surface area contributed by atoms with E-state index in [0.29, 0.717) is 6.61 Å². The number of anilines is 1. The molecule has 1 amide bonds. The van der Waals surface area contributed by atoms with Crippen molar-refractivity contribution < 1.29 is 9.53 Å². The Balaban J connectivity index is 2.32. The van der Waals surface area contributed by atoms with Gasteiger partial charge in [-0.05, 0) is 32.9 Å². The van der Waals surface area contributed by atoms with Crippen LogP contribution in [0, 0.1) is 6.92 Å². The van der Waals surface area contributed by atoms with E-state index in [4.69, 9.17) is 10.5 Å². The molecule has 0 heterocycles. The van der Waals surface area contributed by atoms with Crippen LogP contribution in [0.25, 0.3) is 0 Å². The van der Waals surface area contributed by atoms with Gasteiger partial charge < -0.3 is 15.8 Å². The smallest absolute Gasteiger partial charge is 0.250 e. The van der Waals surface area contributed by atoms with Crippen LogP contribution in [0.2, 0.25) is 0 Å². The number of ether oxygens (including phenoxy) is 1. The average molecular weight is 236 g/mol. The standard InChI is InChI=1S/C13H20N2O2/c1-10-4-6-11(7-5-10)15-12(16)8-17-9-13(2,3)14/h4-7H,8-9,14H2,1-3H3,(H,15,16). The van der Waals surface area contributed by atoms with Gasteiger partial charge in [-0.15, -0.1) is 0 Å². The molecule has 0 fully saturated rings. The number of hydrogen-bond donors (Lipinski definition) is 2. The lowest BCUT2D eigenvalue weighted by atomic mass is 10.1. The fraction of sp³-hybridized carbons (Fsp3) is 0.462. The molecule has 3 N–H and O–H groups in total. The molecule has 4 heteroatoms. The summed E-state index contributed by atoms with van der Waals surface area (Å²) in [5.41, 5.74) is 7.25. The van der Waals surface area contributed by atoms with Crippen molar-refractivity contribution in [1.82, 2.24) is 0 Å². The minimum Gasteiger partial charge on any atom is -0.370 e. The fourth-order valence-corrected chi connectivity index (χ4v) is 1.24. The molecule has 1 aromatic carbocycles. The van der Waals surface area contributed by atoms with E-state index in [9.17, 15) is 4.79 Å². The van der Waals surface area contributed by atoms with Gasteiger partial charge in [-0.1, -0.05) is 17.7 Å². The fourth-order valence-electron chi connectivity index (χ4n) is 1.24. The van der Waals surface area contributed by atoms with Crippen molar-refractivity contribution in [3.63, 3.8) is 0 Å². The molecule has 0 aliphatic heterocycles. The largest absolute Gasteiger partial charge is 0.370 e. The normalized spacial score (nSPS) is 11.3. The van der Waals surface area contributed by atoms with Crippen LogP contribution in [0.4, 0.5) is 5.69 Å².